The molecule has 0 atom stereocenters. The van der Waals surface area contributed by atoms with Gasteiger partial charge >= 0.3 is 0 Å². The molecule has 0 radical (unpaired) electrons. The van der Waals surface area contributed by atoms with Gasteiger partial charge in [-0.2, -0.15) is 0 Å². The lowest BCUT2D eigenvalue weighted by molar-refractivity contribution is 0.0954. The maximum Gasteiger partial charge on any atom is 0.251 e. The van der Waals surface area contributed by atoms with Crippen molar-refractivity contribution in [2.24, 2.45) is 7.05 Å². The highest BCUT2D eigenvalue weighted by atomic mass is 32.2. The lowest BCUT2D eigenvalue weighted by Crippen LogP contribution is -2.35. The van der Waals surface area contributed by atoms with Crippen LogP contribution >= 0.6 is 0 Å². The maximum atomic E-state index is 12.1. The summed E-state index contributed by atoms with van der Waals surface area (Å²) in [6.07, 6.45) is 1.50. The summed E-state index contributed by atoms with van der Waals surface area (Å²) in [5, 5.41) is 2.56. The lowest BCUT2D eigenvalue weighted by atomic mass is 10.2. The van der Waals surface area contributed by atoms with Gasteiger partial charge in [-0.3, -0.25) is 9.59 Å². The number of benzene rings is 1. The van der Waals surface area contributed by atoms with Crippen LogP contribution in [0.1, 0.15) is 15.9 Å². The number of nitrogens with zero attached hydrogens (tertiary/aromatic N) is 1. The number of carbonyl (C=O) groups is 1. The van der Waals surface area contributed by atoms with Crippen LogP contribution in [-0.2, 0) is 17.1 Å². The quantitative estimate of drug-likeness (QED) is 0.738. The minimum atomic E-state index is -3.61. The molecular formula is C16H19N3O4S. The minimum Gasteiger partial charge on any atom is -0.351 e. The molecule has 0 aliphatic heterocycles. The first-order valence-electron chi connectivity index (χ1n) is 7.31. The Balaban J connectivity index is 1.88. The number of hydrogen-bond acceptors (Lipinski definition) is 4. The van der Waals surface area contributed by atoms with E-state index in [1.54, 1.807) is 19.2 Å². The molecule has 0 spiro atoms. The topological polar surface area (TPSA) is 97.3 Å². The van der Waals surface area contributed by atoms with Crippen LogP contribution in [0.2, 0.25) is 0 Å². The number of sulfonamides is 1. The molecule has 0 unspecified atom stereocenters. The van der Waals surface area contributed by atoms with Gasteiger partial charge in [0.2, 0.25) is 10.0 Å². The van der Waals surface area contributed by atoms with E-state index in [0.717, 1.165) is 5.56 Å². The first-order valence-corrected chi connectivity index (χ1v) is 8.79. The molecule has 0 aliphatic rings. The van der Waals surface area contributed by atoms with Crippen molar-refractivity contribution in [2.75, 3.05) is 13.1 Å². The fourth-order valence-corrected chi connectivity index (χ4v) is 2.99. The van der Waals surface area contributed by atoms with E-state index in [4.69, 9.17) is 0 Å². The largest absolute Gasteiger partial charge is 0.351 e. The average molecular weight is 349 g/mol. The van der Waals surface area contributed by atoms with Gasteiger partial charge in [0.15, 0.2) is 0 Å². The summed E-state index contributed by atoms with van der Waals surface area (Å²) in [7, 11) is -2.02. The van der Waals surface area contributed by atoms with Gasteiger partial charge in [0.1, 0.15) is 0 Å². The fraction of sp³-hybridized carbons (Fsp3) is 0.250. The molecular weight excluding hydrogens is 330 g/mol. The zero-order chi connectivity index (χ0) is 17.7. The molecule has 8 heteroatoms. The number of aryl methyl sites for hydroxylation is 2. The van der Waals surface area contributed by atoms with Gasteiger partial charge in [-0.15, -0.1) is 0 Å². The number of amides is 1. The minimum absolute atomic E-state index is 0.0484. The van der Waals surface area contributed by atoms with Crippen molar-refractivity contribution in [3.05, 3.63) is 64.1 Å². The SMILES string of the molecule is Cc1ccc(S(=O)(=O)NCCNC(=O)c2ccn(C)c(=O)c2)cc1. The van der Waals surface area contributed by atoms with Crippen molar-refractivity contribution >= 4 is 15.9 Å². The molecule has 1 aromatic heterocycles. The molecule has 7 nitrogen and oxygen atoms in total. The Morgan fingerprint density at radius 3 is 2.42 bits per heavy atom. The molecule has 0 bridgehead atoms. The van der Waals surface area contributed by atoms with E-state index >= 15 is 0 Å². The molecule has 1 aromatic carbocycles. The summed E-state index contributed by atoms with van der Waals surface area (Å²) in [6.45, 7) is 2.03. The Kier molecular flexibility index (Phi) is 5.53. The third-order valence-electron chi connectivity index (χ3n) is 3.40. The second kappa shape index (κ2) is 7.41. The zero-order valence-corrected chi connectivity index (χ0v) is 14.3. The van der Waals surface area contributed by atoms with E-state index in [-0.39, 0.29) is 29.1 Å². The van der Waals surface area contributed by atoms with E-state index in [0.29, 0.717) is 0 Å². The van der Waals surface area contributed by atoms with Gasteiger partial charge in [-0.25, -0.2) is 13.1 Å². The summed E-state index contributed by atoms with van der Waals surface area (Å²) in [5.74, 6) is -0.428. The van der Waals surface area contributed by atoms with Crippen molar-refractivity contribution in [1.29, 1.82) is 0 Å². The standard InChI is InChI=1S/C16H19N3O4S/c1-12-3-5-14(6-4-12)24(22,23)18-9-8-17-16(21)13-7-10-19(2)15(20)11-13/h3-7,10-11,18H,8-9H2,1-2H3,(H,17,21). The first kappa shape index (κ1) is 17.9. The van der Waals surface area contributed by atoms with Gasteiger partial charge in [-0.1, -0.05) is 17.7 Å². The summed E-state index contributed by atoms with van der Waals surface area (Å²) in [5.41, 5.74) is 0.914. The molecule has 0 fully saturated rings. The van der Waals surface area contributed by atoms with Crippen LogP contribution < -0.4 is 15.6 Å². The van der Waals surface area contributed by atoms with Crippen molar-refractivity contribution in [2.45, 2.75) is 11.8 Å². The predicted octanol–water partition coefficient (Wildman–Crippen LogP) is 0.402. The summed E-state index contributed by atoms with van der Waals surface area (Å²) in [4.78, 5) is 23.6. The summed E-state index contributed by atoms with van der Waals surface area (Å²) in [6, 6.07) is 9.23. The van der Waals surface area contributed by atoms with Crippen LogP contribution in [-0.4, -0.2) is 32.0 Å². The number of rotatable bonds is 6. The molecule has 0 saturated carbocycles. The molecule has 0 aliphatic carbocycles. The lowest BCUT2D eigenvalue weighted by Gasteiger charge is -2.08. The highest BCUT2D eigenvalue weighted by molar-refractivity contribution is 7.89. The number of hydrogen-bond donors (Lipinski definition) is 2. The van der Waals surface area contributed by atoms with Crippen LogP contribution in [0.5, 0.6) is 0 Å². The Morgan fingerprint density at radius 1 is 1.12 bits per heavy atom. The average Bonchev–Trinajstić information content (AvgIpc) is 2.54. The smallest absolute Gasteiger partial charge is 0.251 e. The van der Waals surface area contributed by atoms with Crippen molar-refractivity contribution in [1.82, 2.24) is 14.6 Å². The molecule has 1 heterocycles. The monoisotopic (exact) mass is 349 g/mol. The van der Waals surface area contributed by atoms with Crippen molar-refractivity contribution in [3.63, 3.8) is 0 Å². The Morgan fingerprint density at radius 2 is 1.79 bits per heavy atom. The van der Waals surface area contributed by atoms with Crippen molar-refractivity contribution < 1.29 is 13.2 Å². The van der Waals surface area contributed by atoms with Gasteiger partial charge in [0.25, 0.3) is 11.5 Å². The Hall–Kier alpha value is -2.45. The highest BCUT2D eigenvalue weighted by Crippen LogP contribution is 2.09. The molecule has 2 aromatic rings. The molecule has 2 rings (SSSR count). The van der Waals surface area contributed by atoms with Gasteiger partial charge in [-0.05, 0) is 25.1 Å². The van der Waals surface area contributed by atoms with Crippen LogP contribution in [0, 0.1) is 6.92 Å². The van der Waals surface area contributed by atoms with Gasteiger partial charge in [0, 0.05) is 38.0 Å². The van der Waals surface area contributed by atoms with E-state index in [2.05, 4.69) is 10.0 Å². The first-order chi connectivity index (χ1) is 11.3. The number of carbonyl (C=O) groups excluding carboxylic acids is 1. The van der Waals surface area contributed by atoms with Gasteiger partial charge < -0.3 is 9.88 Å². The molecule has 0 saturated heterocycles. The summed E-state index contributed by atoms with van der Waals surface area (Å²) < 4.78 is 27.9. The maximum absolute atomic E-state index is 12.1. The van der Waals surface area contributed by atoms with E-state index in [9.17, 15) is 18.0 Å². The normalized spacial score (nSPS) is 11.2. The molecule has 2 N–H and O–H groups in total. The zero-order valence-electron chi connectivity index (χ0n) is 13.4. The van der Waals surface area contributed by atoms with E-state index < -0.39 is 15.9 Å². The second-order valence-corrected chi connectivity index (χ2v) is 7.10. The fourth-order valence-electron chi connectivity index (χ4n) is 1.95. The highest BCUT2D eigenvalue weighted by Gasteiger charge is 2.13. The van der Waals surface area contributed by atoms with Crippen molar-refractivity contribution in [3.8, 4) is 0 Å². The van der Waals surface area contributed by atoms with Crippen LogP contribution in [0.3, 0.4) is 0 Å². The van der Waals surface area contributed by atoms with E-state index in [1.165, 1.54) is 35.0 Å². The van der Waals surface area contributed by atoms with Crippen LogP contribution in [0.15, 0.2) is 52.3 Å². The number of aromatic nitrogens is 1. The summed E-state index contributed by atoms with van der Waals surface area (Å²) >= 11 is 0. The number of pyridine rings is 1. The third-order valence-corrected chi connectivity index (χ3v) is 4.88. The number of nitrogens with one attached hydrogen (secondary N) is 2. The molecule has 1 amide bonds. The second-order valence-electron chi connectivity index (χ2n) is 5.33. The Labute approximate surface area is 140 Å². The van der Waals surface area contributed by atoms with E-state index in [1.807, 2.05) is 6.92 Å². The van der Waals surface area contributed by atoms with Crippen LogP contribution in [0.25, 0.3) is 0 Å². The third kappa shape index (κ3) is 4.53. The molecule has 24 heavy (non-hydrogen) atoms. The Bertz CT molecular complexity index is 886. The van der Waals surface area contributed by atoms with Crippen LogP contribution in [0.4, 0.5) is 0 Å². The predicted molar refractivity (Wildman–Crippen MR) is 90.4 cm³/mol. The molecule has 128 valence electrons. The van der Waals surface area contributed by atoms with Gasteiger partial charge in [0.05, 0.1) is 4.90 Å².